The Hall–Kier alpha value is -0.920. The van der Waals surface area contributed by atoms with Crippen LogP contribution < -0.4 is 5.32 Å². The zero-order valence-electron chi connectivity index (χ0n) is 13.5. The smallest absolute Gasteiger partial charge is 0.246 e. The van der Waals surface area contributed by atoms with Crippen molar-refractivity contribution >= 4 is 10.0 Å². The highest BCUT2D eigenvalue weighted by Crippen LogP contribution is 2.18. The lowest BCUT2D eigenvalue weighted by Crippen LogP contribution is -2.36. The van der Waals surface area contributed by atoms with Crippen molar-refractivity contribution in [1.29, 1.82) is 0 Å². The molecule has 1 rings (SSSR count). The van der Waals surface area contributed by atoms with Crippen LogP contribution in [0.25, 0.3) is 0 Å². The van der Waals surface area contributed by atoms with Crippen LogP contribution in [0.3, 0.4) is 0 Å². The quantitative estimate of drug-likeness (QED) is 0.667. The first-order chi connectivity index (χ1) is 9.97. The van der Waals surface area contributed by atoms with Crippen LogP contribution in [0.2, 0.25) is 0 Å². The number of sulfonamides is 1. The van der Waals surface area contributed by atoms with Crippen LogP contribution in [0, 0.1) is 0 Å². The summed E-state index contributed by atoms with van der Waals surface area (Å²) in [5.41, 5.74) is 0. The van der Waals surface area contributed by atoms with Crippen LogP contribution in [0.5, 0.6) is 0 Å². The second kappa shape index (κ2) is 8.51. The standard InChI is InChI=1S/C14H28N4O2S/c1-5-8-15-9-10-18-12-14(11-16-18)21(19,20)17(4)13(6-2)7-3/h11-13,15H,5-10H2,1-4H3. The van der Waals surface area contributed by atoms with Crippen molar-refractivity contribution in [3.8, 4) is 0 Å². The van der Waals surface area contributed by atoms with Crippen molar-refractivity contribution in [3.63, 3.8) is 0 Å². The maximum atomic E-state index is 12.5. The minimum absolute atomic E-state index is 0.0320. The first-order valence-corrected chi connectivity index (χ1v) is 9.12. The van der Waals surface area contributed by atoms with Gasteiger partial charge in [-0.2, -0.15) is 9.40 Å². The molecule has 7 heteroatoms. The monoisotopic (exact) mass is 316 g/mol. The first-order valence-electron chi connectivity index (χ1n) is 7.68. The van der Waals surface area contributed by atoms with Crippen molar-refractivity contribution in [2.75, 3.05) is 20.1 Å². The summed E-state index contributed by atoms with van der Waals surface area (Å²) in [6.45, 7) is 8.54. The lowest BCUT2D eigenvalue weighted by molar-refractivity contribution is 0.349. The molecule has 1 heterocycles. The van der Waals surface area contributed by atoms with Gasteiger partial charge in [0.25, 0.3) is 0 Å². The Morgan fingerprint density at radius 2 is 1.95 bits per heavy atom. The molecular formula is C14H28N4O2S. The fourth-order valence-corrected chi connectivity index (χ4v) is 3.72. The minimum Gasteiger partial charge on any atom is -0.315 e. The highest BCUT2D eigenvalue weighted by Gasteiger charge is 2.27. The predicted molar refractivity (Wildman–Crippen MR) is 84.7 cm³/mol. The van der Waals surface area contributed by atoms with E-state index < -0.39 is 10.0 Å². The van der Waals surface area contributed by atoms with Crippen molar-refractivity contribution in [2.24, 2.45) is 0 Å². The van der Waals surface area contributed by atoms with E-state index in [4.69, 9.17) is 0 Å². The molecule has 1 aromatic rings. The van der Waals surface area contributed by atoms with E-state index in [1.165, 1.54) is 10.5 Å². The first kappa shape index (κ1) is 18.1. The zero-order valence-corrected chi connectivity index (χ0v) is 14.4. The molecule has 0 atom stereocenters. The Bertz CT molecular complexity index is 509. The Kier molecular flexibility index (Phi) is 7.34. The van der Waals surface area contributed by atoms with E-state index in [0.29, 0.717) is 6.54 Å². The van der Waals surface area contributed by atoms with Crippen LogP contribution in [-0.4, -0.2) is 48.7 Å². The van der Waals surface area contributed by atoms with Crippen molar-refractivity contribution in [3.05, 3.63) is 12.4 Å². The van der Waals surface area contributed by atoms with Gasteiger partial charge < -0.3 is 5.32 Å². The maximum Gasteiger partial charge on any atom is 0.246 e. The molecule has 1 aromatic heterocycles. The summed E-state index contributed by atoms with van der Waals surface area (Å²) in [6, 6.07) is 0.0320. The summed E-state index contributed by atoms with van der Waals surface area (Å²) in [5, 5.41) is 7.41. The molecule has 1 N–H and O–H groups in total. The molecule has 0 spiro atoms. The molecule has 0 aliphatic heterocycles. The second-order valence-electron chi connectivity index (χ2n) is 5.18. The molecule has 0 aliphatic rings. The number of hydrogen-bond acceptors (Lipinski definition) is 4. The summed E-state index contributed by atoms with van der Waals surface area (Å²) >= 11 is 0. The van der Waals surface area contributed by atoms with Gasteiger partial charge in [0.1, 0.15) is 4.90 Å². The van der Waals surface area contributed by atoms with Gasteiger partial charge in [-0.25, -0.2) is 8.42 Å². The molecule has 0 aliphatic carbocycles. The van der Waals surface area contributed by atoms with Gasteiger partial charge in [-0.1, -0.05) is 20.8 Å². The van der Waals surface area contributed by atoms with E-state index in [-0.39, 0.29) is 10.9 Å². The van der Waals surface area contributed by atoms with Crippen molar-refractivity contribution < 1.29 is 8.42 Å². The number of aromatic nitrogens is 2. The number of rotatable bonds is 10. The largest absolute Gasteiger partial charge is 0.315 e. The third-order valence-electron chi connectivity index (χ3n) is 3.69. The van der Waals surface area contributed by atoms with E-state index in [1.807, 2.05) is 13.8 Å². The molecule has 0 fully saturated rings. The topological polar surface area (TPSA) is 67.2 Å². The van der Waals surface area contributed by atoms with E-state index >= 15 is 0 Å². The Balaban J connectivity index is 2.74. The molecule has 6 nitrogen and oxygen atoms in total. The van der Waals surface area contributed by atoms with Gasteiger partial charge in [0.2, 0.25) is 10.0 Å². The van der Waals surface area contributed by atoms with E-state index in [2.05, 4.69) is 17.3 Å². The summed E-state index contributed by atoms with van der Waals surface area (Å²) < 4.78 is 28.2. The lowest BCUT2D eigenvalue weighted by atomic mass is 10.2. The normalized spacial score (nSPS) is 12.5. The third kappa shape index (κ3) is 4.79. The SMILES string of the molecule is CCCNCCn1cc(S(=O)(=O)N(C)C(CC)CC)cn1. The molecule has 0 radical (unpaired) electrons. The highest BCUT2D eigenvalue weighted by molar-refractivity contribution is 7.89. The zero-order chi connectivity index (χ0) is 15.9. The van der Waals surface area contributed by atoms with Crippen LogP contribution in [0.1, 0.15) is 40.0 Å². The van der Waals surface area contributed by atoms with Crippen LogP contribution in [-0.2, 0) is 16.6 Å². The lowest BCUT2D eigenvalue weighted by Gasteiger charge is -2.24. The summed E-state index contributed by atoms with van der Waals surface area (Å²) in [7, 11) is -1.80. The molecule has 0 aromatic carbocycles. The highest BCUT2D eigenvalue weighted by atomic mass is 32.2. The molecule has 0 amide bonds. The van der Waals surface area contributed by atoms with Crippen LogP contribution >= 0.6 is 0 Å². The number of hydrogen-bond donors (Lipinski definition) is 1. The summed E-state index contributed by atoms with van der Waals surface area (Å²) in [5.74, 6) is 0. The average molecular weight is 316 g/mol. The summed E-state index contributed by atoms with van der Waals surface area (Å²) in [6.07, 6.45) is 5.75. The average Bonchev–Trinajstić information content (AvgIpc) is 2.94. The third-order valence-corrected chi connectivity index (χ3v) is 5.55. The van der Waals surface area contributed by atoms with Crippen molar-refractivity contribution in [2.45, 2.75) is 57.5 Å². The van der Waals surface area contributed by atoms with E-state index in [0.717, 1.165) is 32.4 Å². The molecular weight excluding hydrogens is 288 g/mol. The number of nitrogens with one attached hydrogen (secondary N) is 1. The fourth-order valence-electron chi connectivity index (χ4n) is 2.26. The van der Waals surface area contributed by atoms with Crippen molar-refractivity contribution in [1.82, 2.24) is 19.4 Å². The van der Waals surface area contributed by atoms with Crippen LogP contribution in [0.15, 0.2) is 17.3 Å². The molecule has 21 heavy (non-hydrogen) atoms. The Morgan fingerprint density at radius 1 is 1.29 bits per heavy atom. The van der Waals surface area contributed by atoms with Gasteiger partial charge in [0.05, 0.1) is 12.7 Å². The minimum atomic E-state index is -3.45. The number of nitrogens with zero attached hydrogens (tertiary/aromatic N) is 3. The molecule has 0 bridgehead atoms. The molecule has 122 valence electrons. The Labute approximate surface area is 128 Å². The van der Waals surface area contributed by atoms with E-state index in [9.17, 15) is 8.42 Å². The van der Waals surface area contributed by atoms with Gasteiger partial charge in [0.15, 0.2) is 0 Å². The van der Waals surface area contributed by atoms with Gasteiger partial charge in [-0.3, -0.25) is 4.68 Å². The van der Waals surface area contributed by atoms with Gasteiger partial charge in [-0.15, -0.1) is 0 Å². The van der Waals surface area contributed by atoms with E-state index in [1.54, 1.807) is 17.9 Å². The van der Waals surface area contributed by atoms with Gasteiger partial charge in [-0.05, 0) is 25.8 Å². The molecule has 0 saturated heterocycles. The van der Waals surface area contributed by atoms with Gasteiger partial charge in [0, 0.05) is 25.8 Å². The maximum absolute atomic E-state index is 12.5. The van der Waals surface area contributed by atoms with Crippen LogP contribution in [0.4, 0.5) is 0 Å². The Morgan fingerprint density at radius 3 is 2.52 bits per heavy atom. The molecule has 0 saturated carbocycles. The molecule has 0 unspecified atom stereocenters. The second-order valence-corrected chi connectivity index (χ2v) is 7.18. The summed E-state index contributed by atoms with van der Waals surface area (Å²) in [4.78, 5) is 0.271. The predicted octanol–water partition coefficient (Wildman–Crippen LogP) is 1.69. The van der Waals surface area contributed by atoms with Gasteiger partial charge >= 0.3 is 0 Å². The fraction of sp³-hybridized carbons (Fsp3) is 0.786.